The Balaban J connectivity index is 3.86. The average Bonchev–Trinajstić information content (AvgIpc) is 3.45. The zero-order valence-electron chi connectivity index (χ0n) is 53.7. The number of ether oxygens (including phenoxy) is 3. The van der Waals surface area contributed by atoms with Gasteiger partial charge in [-0.2, -0.15) is 0 Å². The third-order valence-electron chi connectivity index (χ3n) is 16.4. The summed E-state index contributed by atoms with van der Waals surface area (Å²) in [5.41, 5.74) is 0. The molecule has 0 heterocycles. The summed E-state index contributed by atoms with van der Waals surface area (Å²) in [5, 5.41) is 0. The second-order valence-electron chi connectivity index (χ2n) is 24.5. The van der Waals surface area contributed by atoms with Crippen molar-refractivity contribution in [1.29, 1.82) is 0 Å². The largest absolute Gasteiger partial charge is 0.462 e. The van der Waals surface area contributed by atoms with Crippen LogP contribution in [0.5, 0.6) is 0 Å². The van der Waals surface area contributed by atoms with Gasteiger partial charge in [-0.05, 0) is 70.6 Å². The van der Waals surface area contributed by atoms with Gasteiger partial charge < -0.3 is 14.2 Å². The Morgan fingerprint density at radius 2 is 0.418 bits per heavy atom. The molecular formula is C73H138O6. The standard InChI is InChI=1S/C73H138O6/c1-4-7-10-13-15-17-19-21-23-25-27-29-30-31-32-33-34-35-36-37-38-39-40-41-42-44-45-47-49-51-53-55-57-60-63-66-72(75)78-69-70(68-77-71(74)65-62-59-12-9-6-3)79-73(76)67-64-61-58-56-54-52-50-48-46-43-28-26-24-22-20-18-16-14-11-8-5-2/h25-28,70H,4-24,29-69H2,1-3H3/b27-25-,28-26-. The Morgan fingerprint density at radius 3 is 0.633 bits per heavy atom. The lowest BCUT2D eigenvalue weighted by molar-refractivity contribution is -0.167. The van der Waals surface area contributed by atoms with Gasteiger partial charge in [-0.3, -0.25) is 14.4 Å². The summed E-state index contributed by atoms with van der Waals surface area (Å²) in [7, 11) is 0. The molecule has 0 aromatic carbocycles. The van der Waals surface area contributed by atoms with E-state index in [0.717, 1.165) is 64.2 Å². The van der Waals surface area contributed by atoms with Gasteiger partial charge in [0, 0.05) is 19.3 Å². The lowest BCUT2D eigenvalue weighted by Crippen LogP contribution is -2.30. The molecule has 0 aromatic heterocycles. The predicted molar refractivity (Wildman–Crippen MR) is 344 cm³/mol. The molecule has 1 atom stereocenters. The summed E-state index contributed by atoms with van der Waals surface area (Å²) in [6.45, 7) is 6.62. The van der Waals surface area contributed by atoms with E-state index in [0.29, 0.717) is 19.3 Å². The SMILES string of the molecule is CCCCCCCCCC/C=C\CCCCCCCCCCCCCCCCCCCCCCCCCC(=O)OCC(COC(=O)CCCCCCC)OC(=O)CCCCCCCCCCC/C=C\CCCCCCCCCC. The quantitative estimate of drug-likeness (QED) is 0.0261. The Morgan fingerprint density at radius 1 is 0.241 bits per heavy atom. The van der Waals surface area contributed by atoms with Crippen molar-refractivity contribution in [1.82, 2.24) is 0 Å². The second kappa shape index (κ2) is 68.4. The molecule has 0 radical (unpaired) electrons. The van der Waals surface area contributed by atoms with Crippen LogP contribution in [0.25, 0.3) is 0 Å². The fraction of sp³-hybridized carbons (Fsp3) is 0.904. The molecule has 0 fully saturated rings. The molecular weight excluding hydrogens is 973 g/mol. The number of hydrogen-bond acceptors (Lipinski definition) is 6. The Kier molecular flexibility index (Phi) is 66.6. The minimum absolute atomic E-state index is 0.0670. The molecule has 466 valence electrons. The fourth-order valence-corrected chi connectivity index (χ4v) is 11.0. The van der Waals surface area contributed by atoms with E-state index in [1.54, 1.807) is 0 Å². The number of carbonyl (C=O) groups is 3. The molecule has 0 N–H and O–H groups in total. The first-order chi connectivity index (χ1) is 39.0. The van der Waals surface area contributed by atoms with Crippen LogP contribution in [0.4, 0.5) is 0 Å². The minimum atomic E-state index is -0.766. The van der Waals surface area contributed by atoms with Gasteiger partial charge in [0.25, 0.3) is 0 Å². The van der Waals surface area contributed by atoms with Gasteiger partial charge in [0.15, 0.2) is 6.10 Å². The van der Waals surface area contributed by atoms with Crippen LogP contribution in [-0.4, -0.2) is 37.2 Å². The molecule has 0 aliphatic heterocycles. The second-order valence-corrected chi connectivity index (χ2v) is 24.5. The van der Waals surface area contributed by atoms with Gasteiger partial charge in [0.05, 0.1) is 0 Å². The van der Waals surface area contributed by atoms with Crippen LogP contribution in [0.2, 0.25) is 0 Å². The van der Waals surface area contributed by atoms with Crippen molar-refractivity contribution in [3.8, 4) is 0 Å². The third-order valence-corrected chi connectivity index (χ3v) is 16.4. The summed E-state index contributed by atoms with van der Waals surface area (Å²) in [6.07, 6.45) is 84.3. The van der Waals surface area contributed by atoms with Crippen LogP contribution < -0.4 is 0 Å². The number of unbranched alkanes of at least 4 members (excludes halogenated alkanes) is 52. The van der Waals surface area contributed by atoms with E-state index in [2.05, 4.69) is 45.1 Å². The van der Waals surface area contributed by atoms with E-state index in [-0.39, 0.29) is 31.1 Å². The molecule has 79 heavy (non-hydrogen) atoms. The van der Waals surface area contributed by atoms with E-state index >= 15 is 0 Å². The van der Waals surface area contributed by atoms with Crippen LogP contribution in [0.15, 0.2) is 24.3 Å². The fourth-order valence-electron chi connectivity index (χ4n) is 11.0. The van der Waals surface area contributed by atoms with Crippen molar-refractivity contribution >= 4 is 17.9 Å². The molecule has 0 saturated heterocycles. The van der Waals surface area contributed by atoms with E-state index in [4.69, 9.17) is 14.2 Å². The molecule has 0 spiro atoms. The van der Waals surface area contributed by atoms with Gasteiger partial charge in [-0.15, -0.1) is 0 Å². The number of carbonyl (C=O) groups excluding carboxylic acids is 3. The highest BCUT2D eigenvalue weighted by Crippen LogP contribution is 2.19. The number of allylic oxidation sites excluding steroid dienone is 4. The normalized spacial score (nSPS) is 12.1. The summed E-state index contributed by atoms with van der Waals surface area (Å²) < 4.78 is 16.8. The third kappa shape index (κ3) is 66.6. The molecule has 0 rings (SSSR count). The van der Waals surface area contributed by atoms with Crippen molar-refractivity contribution in [3.63, 3.8) is 0 Å². The lowest BCUT2D eigenvalue weighted by Gasteiger charge is -2.18. The first kappa shape index (κ1) is 76.9. The summed E-state index contributed by atoms with van der Waals surface area (Å²) >= 11 is 0. The highest BCUT2D eigenvalue weighted by atomic mass is 16.6. The van der Waals surface area contributed by atoms with Crippen molar-refractivity contribution in [2.75, 3.05) is 13.2 Å². The zero-order valence-corrected chi connectivity index (χ0v) is 53.7. The van der Waals surface area contributed by atoms with Crippen molar-refractivity contribution in [2.45, 2.75) is 412 Å². The van der Waals surface area contributed by atoms with Crippen molar-refractivity contribution in [2.24, 2.45) is 0 Å². The van der Waals surface area contributed by atoms with E-state index in [1.807, 2.05) is 0 Å². The maximum Gasteiger partial charge on any atom is 0.306 e. The Bertz CT molecular complexity index is 1270. The van der Waals surface area contributed by atoms with Gasteiger partial charge in [-0.1, -0.05) is 340 Å². The summed E-state index contributed by atoms with van der Waals surface area (Å²) in [4.78, 5) is 38.0. The van der Waals surface area contributed by atoms with Crippen LogP contribution in [0, 0.1) is 0 Å². The average molecular weight is 1110 g/mol. The first-order valence-electron chi connectivity index (χ1n) is 35.8. The van der Waals surface area contributed by atoms with Crippen LogP contribution in [0.1, 0.15) is 406 Å². The van der Waals surface area contributed by atoms with E-state index in [9.17, 15) is 14.4 Å². The molecule has 0 amide bonds. The lowest BCUT2D eigenvalue weighted by atomic mass is 10.0. The van der Waals surface area contributed by atoms with Crippen molar-refractivity contribution in [3.05, 3.63) is 24.3 Å². The molecule has 1 unspecified atom stereocenters. The molecule has 6 heteroatoms. The predicted octanol–water partition coefficient (Wildman–Crippen LogP) is 24.6. The molecule has 0 aromatic rings. The maximum atomic E-state index is 12.8. The van der Waals surface area contributed by atoms with E-state index in [1.165, 1.54) is 302 Å². The zero-order chi connectivity index (χ0) is 57.1. The molecule has 0 bridgehead atoms. The van der Waals surface area contributed by atoms with E-state index < -0.39 is 6.10 Å². The van der Waals surface area contributed by atoms with Gasteiger partial charge in [-0.25, -0.2) is 0 Å². The first-order valence-corrected chi connectivity index (χ1v) is 35.8. The number of esters is 3. The highest BCUT2D eigenvalue weighted by molar-refractivity contribution is 5.71. The molecule has 0 saturated carbocycles. The van der Waals surface area contributed by atoms with Gasteiger partial charge in [0.1, 0.15) is 13.2 Å². The van der Waals surface area contributed by atoms with Crippen molar-refractivity contribution < 1.29 is 28.6 Å². The number of hydrogen-bond donors (Lipinski definition) is 0. The number of rotatable bonds is 67. The van der Waals surface area contributed by atoms with Crippen LogP contribution in [-0.2, 0) is 28.6 Å². The monoisotopic (exact) mass is 1110 g/mol. The highest BCUT2D eigenvalue weighted by Gasteiger charge is 2.19. The molecule has 0 aliphatic carbocycles. The van der Waals surface area contributed by atoms with Gasteiger partial charge in [0.2, 0.25) is 0 Å². The Hall–Kier alpha value is -2.11. The molecule has 0 aliphatic rings. The van der Waals surface area contributed by atoms with Gasteiger partial charge >= 0.3 is 17.9 Å². The van der Waals surface area contributed by atoms with Crippen LogP contribution >= 0.6 is 0 Å². The topological polar surface area (TPSA) is 78.9 Å². The molecule has 6 nitrogen and oxygen atoms in total. The van der Waals surface area contributed by atoms with Crippen LogP contribution in [0.3, 0.4) is 0 Å². The summed E-state index contributed by atoms with van der Waals surface area (Å²) in [6, 6.07) is 0. The smallest absolute Gasteiger partial charge is 0.306 e. The summed E-state index contributed by atoms with van der Waals surface area (Å²) in [5.74, 6) is -0.857. The Labute approximate surface area is 493 Å². The minimum Gasteiger partial charge on any atom is -0.462 e. The maximum absolute atomic E-state index is 12.8.